The third-order valence-corrected chi connectivity index (χ3v) is 3.00. The summed E-state index contributed by atoms with van der Waals surface area (Å²) in [5.41, 5.74) is 1.21. The minimum atomic E-state index is 0.401. The lowest BCUT2D eigenvalue weighted by Gasteiger charge is -2.21. The van der Waals surface area contributed by atoms with E-state index < -0.39 is 0 Å². The van der Waals surface area contributed by atoms with Crippen LogP contribution in [0.1, 0.15) is 33.6 Å². The Bertz CT molecular complexity index is 240. The van der Waals surface area contributed by atoms with Crippen molar-refractivity contribution in [1.29, 1.82) is 0 Å². The third-order valence-electron chi connectivity index (χ3n) is 3.00. The summed E-state index contributed by atoms with van der Waals surface area (Å²) in [5, 5.41) is 3.44. The van der Waals surface area contributed by atoms with Gasteiger partial charge in [0.15, 0.2) is 0 Å². The fourth-order valence-electron chi connectivity index (χ4n) is 2.30. The lowest BCUT2D eigenvalue weighted by atomic mass is 10.2. The van der Waals surface area contributed by atoms with Gasteiger partial charge in [0, 0.05) is 25.7 Å². The molecule has 2 atom stereocenters. The summed E-state index contributed by atoms with van der Waals surface area (Å²) < 4.78 is 6.03. The van der Waals surface area contributed by atoms with Gasteiger partial charge in [0.2, 0.25) is 0 Å². The Hall–Kier alpha value is -0.380. The predicted octanol–water partition coefficient (Wildman–Crippen LogP) is 2.04. The van der Waals surface area contributed by atoms with Gasteiger partial charge in [-0.2, -0.15) is 0 Å². The smallest absolute Gasteiger partial charge is 0.0707 e. The Morgan fingerprint density at radius 2 is 2.06 bits per heavy atom. The van der Waals surface area contributed by atoms with E-state index in [0.29, 0.717) is 18.2 Å². The first kappa shape index (κ1) is 14.7. The summed E-state index contributed by atoms with van der Waals surface area (Å²) in [6, 6.07) is 0.545. The molecule has 3 heteroatoms. The molecule has 0 aromatic heterocycles. The molecular weight excluding hydrogens is 212 g/mol. The molecule has 0 bridgehead atoms. The largest absolute Gasteiger partial charge is 0.372 e. The fourth-order valence-corrected chi connectivity index (χ4v) is 2.30. The molecule has 1 fully saturated rings. The van der Waals surface area contributed by atoms with Gasteiger partial charge in [0.05, 0.1) is 12.2 Å². The van der Waals surface area contributed by atoms with Crippen LogP contribution in [0.5, 0.6) is 0 Å². The van der Waals surface area contributed by atoms with E-state index in [1.54, 1.807) is 0 Å². The average Bonchev–Trinajstić information content (AvgIpc) is 2.61. The lowest BCUT2D eigenvalue weighted by molar-refractivity contribution is 0.0285. The highest BCUT2D eigenvalue weighted by molar-refractivity contribution is 4.91. The van der Waals surface area contributed by atoms with E-state index >= 15 is 0 Å². The van der Waals surface area contributed by atoms with Crippen LogP contribution in [-0.4, -0.2) is 49.8 Å². The van der Waals surface area contributed by atoms with Crippen molar-refractivity contribution in [1.82, 2.24) is 10.2 Å². The van der Waals surface area contributed by atoms with Gasteiger partial charge >= 0.3 is 0 Å². The van der Waals surface area contributed by atoms with Crippen molar-refractivity contribution in [3.05, 3.63) is 12.2 Å². The Kier molecular flexibility index (Phi) is 6.17. The molecule has 0 aliphatic carbocycles. The molecule has 1 heterocycles. The number of hydrogen-bond acceptors (Lipinski definition) is 3. The number of ether oxygens (including phenoxy) is 1. The van der Waals surface area contributed by atoms with Gasteiger partial charge in [0.1, 0.15) is 0 Å². The highest BCUT2D eigenvalue weighted by atomic mass is 16.5. The first-order valence-corrected chi connectivity index (χ1v) is 6.69. The lowest BCUT2D eigenvalue weighted by Crippen LogP contribution is -2.34. The maximum Gasteiger partial charge on any atom is 0.0707 e. The molecule has 1 aliphatic heterocycles. The van der Waals surface area contributed by atoms with Crippen molar-refractivity contribution in [2.45, 2.75) is 51.9 Å². The van der Waals surface area contributed by atoms with Crippen LogP contribution >= 0.6 is 0 Å². The molecule has 2 unspecified atom stereocenters. The molecule has 0 saturated carbocycles. The maximum absolute atomic E-state index is 6.03. The van der Waals surface area contributed by atoms with Crippen molar-refractivity contribution in [2.24, 2.45) is 0 Å². The Labute approximate surface area is 106 Å². The van der Waals surface area contributed by atoms with Crippen LogP contribution in [0.3, 0.4) is 0 Å². The van der Waals surface area contributed by atoms with Gasteiger partial charge in [0.25, 0.3) is 0 Å². The minimum Gasteiger partial charge on any atom is -0.372 e. The molecule has 1 saturated heterocycles. The van der Waals surface area contributed by atoms with Crippen LogP contribution in [0.25, 0.3) is 0 Å². The van der Waals surface area contributed by atoms with E-state index in [4.69, 9.17) is 4.74 Å². The molecule has 3 nitrogen and oxygen atoms in total. The second kappa shape index (κ2) is 7.14. The monoisotopic (exact) mass is 240 g/mol. The Morgan fingerprint density at radius 1 is 1.41 bits per heavy atom. The zero-order valence-electron chi connectivity index (χ0n) is 11.8. The summed E-state index contributed by atoms with van der Waals surface area (Å²) in [4.78, 5) is 2.30. The summed E-state index contributed by atoms with van der Waals surface area (Å²) >= 11 is 0. The number of nitrogens with zero attached hydrogens (tertiary/aromatic N) is 1. The number of rotatable bonds is 7. The quantitative estimate of drug-likeness (QED) is 0.689. The van der Waals surface area contributed by atoms with E-state index in [-0.39, 0.29) is 0 Å². The fraction of sp³-hybridized carbons (Fsp3) is 0.857. The molecule has 100 valence electrons. The van der Waals surface area contributed by atoms with E-state index in [1.165, 1.54) is 18.4 Å². The van der Waals surface area contributed by atoms with Crippen LogP contribution in [-0.2, 0) is 4.74 Å². The molecule has 1 aliphatic rings. The predicted molar refractivity (Wildman–Crippen MR) is 73.3 cm³/mol. The third kappa shape index (κ3) is 6.20. The first-order chi connectivity index (χ1) is 7.97. The van der Waals surface area contributed by atoms with Crippen LogP contribution < -0.4 is 5.32 Å². The topological polar surface area (TPSA) is 24.5 Å². The molecule has 0 aromatic rings. The van der Waals surface area contributed by atoms with Crippen molar-refractivity contribution >= 4 is 0 Å². The number of nitrogens with one attached hydrogen (secondary N) is 1. The first-order valence-electron chi connectivity index (χ1n) is 6.69. The molecule has 0 aromatic carbocycles. The van der Waals surface area contributed by atoms with Gasteiger partial charge in [-0.3, -0.25) is 4.90 Å². The second-order valence-electron chi connectivity index (χ2n) is 5.67. The van der Waals surface area contributed by atoms with Gasteiger partial charge in [-0.05, 0) is 26.8 Å². The highest BCUT2D eigenvalue weighted by Gasteiger charge is 2.25. The van der Waals surface area contributed by atoms with Crippen LogP contribution in [0.4, 0.5) is 0 Å². The second-order valence-corrected chi connectivity index (χ2v) is 5.67. The molecule has 0 amide bonds. The molecule has 0 radical (unpaired) electrons. The highest BCUT2D eigenvalue weighted by Crippen LogP contribution is 2.20. The van der Waals surface area contributed by atoms with Crippen LogP contribution in [0.15, 0.2) is 12.2 Å². The summed E-state index contributed by atoms with van der Waals surface area (Å²) in [6.45, 7) is 13.3. The van der Waals surface area contributed by atoms with E-state index in [2.05, 4.69) is 44.6 Å². The van der Waals surface area contributed by atoms with Crippen molar-refractivity contribution in [3.8, 4) is 0 Å². The minimum absolute atomic E-state index is 0.401. The molecule has 1 rings (SSSR count). The van der Waals surface area contributed by atoms with Gasteiger partial charge in [-0.15, -0.1) is 0 Å². The van der Waals surface area contributed by atoms with Crippen LogP contribution in [0.2, 0.25) is 0 Å². The van der Waals surface area contributed by atoms with Crippen LogP contribution in [0, 0.1) is 0 Å². The number of likely N-dealkylation sites (N-methyl/N-ethyl adjacent to an activating group) is 1. The van der Waals surface area contributed by atoms with Crippen molar-refractivity contribution in [3.63, 3.8) is 0 Å². The molecule has 17 heavy (non-hydrogen) atoms. The van der Waals surface area contributed by atoms with E-state index in [9.17, 15) is 0 Å². The van der Waals surface area contributed by atoms with Crippen molar-refractivity contribution < 1.29 is 4.74 Å². The summed E-state index contributed by atoms with van der Waals surface area (Å²) in [7, 11) is 2.14. The summed E-state index contributed by atoms with van der Waals surface area (Å²) in [5.74, 6) is 0. The molecule has 1 N–H and O–H groups in total. The molecule has 0 spiro atoms. The van der Waals surface area contributed by atoms with E-state index in [1.807, 2.05) is 0 Å². The zero-order chi connectivity index (χ0) is 12.8. The van der Waals surface area contributed by atoms with E-state index in [0.717, 1.165) is 19.6 Å². The Balaban J connectivity index is 2.19. The Morgan fingerprint density at radius 3 is 2.65 bits per heavy atom. The van der Waals surface area contributed by atoms with Gasteiger partial charge in [-0.25, -0.2) is 0 Å². The SMILES string of the molecule is C=C(C)CN(C)CC1CCC(CNC(C)C)O1. The van der Waals surface area contributed by atoms with Gasteiger partial charge < -0.3 is 10.1 Å². The normalized spacial score (nSPS) is 24.8. The van der Waals surface area contributed by atoms with Gasteiger partial charge in [-0.1, -0.05) is 26.0 Å². The number of hydrogen-bond donors (Lipinski definition) is 1. The van der Waals surface area contributed by atoms with Crippen molar-refractivity contribution in [2.75, 3.05) is 26.7 Å². The zero-order valence-corrected chi connectivity index (χ0v) is 11.8. The summed E-state index contributed by atoms with van der Waals surface area (Å²) in [6.07, 6.45) is 3.18. The molecular formula is C14H28N2O. The average molecular weight is 240 g/mol. The standard InChI is InChI=1S/C14H28N2O/c1-11(2)9-16(5)10-14-7-6-13(17-14)8-15-12(3)4/h12-15H,1,6-10H2,2-5H3. The maximum atomic E-state index is 6.03.